The quantitative estimate of drug-likeness (QED) is 0.362. The number of carboxylic acids is 1. The lowest BCUT2D eigenvalue weighted by Gasteiger charge is -2.36. The number of aryl methyl sites for hydroxylation is 1. The van der Waals surface area contributed by atoms with Gasteiger partial charge in [-0.3, -0.25) is 4.90 Å². The Bertz CT molecular complexity index is 1430. The lowest BCUT2D eigenvalue weighted by Crippen LogP contribution is -2.47. The van der Waals surface area contributed by atoms with Crippen molar-refractivity contribution in [2.24, 2.45) is 7.05 Å². The van der Waals surface area contributed by atoms with Gasteiger partial charge in [0.25, 0.3) is 0 Å². The molecule has 1 aliphatic heterocycles. The van der Waals surface area contributed by atoms with Gasteiger partial charge in [-0.25, -0.2) is 4.79 Å². The van der Waals surface area contributed by atoms with E-state index in [0.29, 0.717) is 16.5 Å². The van der Waals surface area contributed by atoms with Crippen LogP contribution in [0, 0.1) is 0 Å². The van der Waals surface area contributed by atoms with Crippen molar-refractivity contribution in [2.45, 2.75) is 25.2 Å². The second-order valence-corrected chi connectivity index (χ2v) is 10.3. The molecule has 6 rings (SSSR count). The second-order valence-electron chi connectivity index (χ2n) is 9.87. The minimum absolute atomic E-state index is 0.347. The van der Waals surface area contributed by atoms with Gasteiger partial charge in [0.1, 0.15) is 11.5 Å². The zero-order chi connectivity index (χ0) is 24.8. The van der Waals surface area contributed by atoms with Gasteiger partial charge in [0, 0.05) is 74.1 Å². The third-order valence-electron chi connectivity index (χ3n) is 7.52. The van der Waals surface area contributed by atoms with Crippen LogP contribution < -0.4 is 4.90 Å². The van der Waals surface area contributed by atoms with Crippen LogP contribution in [0.2, 0.25) is 5.02 Å². The molecule has 1 saturated heterocycles. The molecule has 1 saturated carbocycles. The Morgan fingerprint density at radius 3 is 2.64 bits per heavy atom. The summed E-state index contributed by atoms with van der Waals surface area (Å²) in [5, 5.41) is 15.4. The Balaban J connectivity index is 1.14. The first-order chi connectivity index (χ1) is 17.5. The molecule has 0 amide bonds. The van der Waals surface area contributed by atoms with Crippen molar-refractivity contribution < 1.29 is 14.4 Å². The van der Waals surface area contributed by atoms with Crippen molar-refractivity contribution >= 4 is 34.2 Å². The number of aromatic carboxylic acids is 1. The maximum Gasteiger partial charge on any atom is 0.337 e. The molecule has 3 heterocycles. The number of carboxylic acid groups (broad SMARTS) is 1. The van der Waals surface area contributed by atoms with Crippen LogP contribution >= 0.6 is 11.6 Å². The Hall–Kier alpha value is -3.29. The van der Waals surface area contributed by atoms with Crippen LogP contribution in [0.4, 0.5) is 5.69 Å². The minimum Gasteiger partial charge on any atom is -0.478 e. The van der Waals surface area contributed by atoms with Crippen LogP contribution in [-0.4, -0.2) is 58.4 Å². The van der Waals surface area contributed by atoms with Crippen molar-refractivity contribution in [3.05, 3.63) is 70.6 Å². The predicted molar refractivity (Wildman–Crippen MR) is 141 cm³/mol. The van der Waals surface area contributed by atoms with Crippen molar-refractivity contribution in [3.63, 3.8) is 0 Å². The minimum atomic E-state index is -0.891. The number of hydrogen-bond acceptors (Lipinski definition) is 5. The Labute approximate surface area is 214 Å². The number of aromatic nitrogens is 2. The lowest BCUT2D eigenvalue weighted by atomic mass is 10.0. The zero-order valence-electron chi connectivity index (χ0n) is 20.3. The summed E-state index contributed by atoms with van der Waals surface area (Å²) in [7, 11) is 1.90. The van der Waals surface area contributed by atoms with Crippen LogP contribution in [0.3, 0.4) is 0 Å². The van der Waals surface area contributed by atoms with Gasteiger partial charge in [-0.05, 0) is 43.5 Å². The molecular weight excluding hydrogens is 476 g/mol. The number of carbonyl (C=O) groups is 1. The molecule has 0 bridgehead atoms. The molecule has 1 N–H and O–H groups in total. The molecule has 36 heavy (non-hydrogen) atoms. The van der Waals surface area contributed by atoms with E-state index < -0.39 is 5.97 Å². The summed E-state index contributed by atoms with van der Waals surface area (Å²) in [5.41, 5.74) is 5.46. The highest BCUT2D eigenvalue weighted by Gasteiger charge is 2.33. The van der Waals surface area contributed by atoms with Gasteiger partial charge in [-0.1, -0.05) is 35.0 Å². The number of piperazine rings is 1. The topological polar surface area (TPSA) is 74.7 Å². The smallest absolute Gasteiger partial charge is 0.337 e. The summed E-state index contributed by atoms with van der Waals surface area (Å²) >= 11 is 6.49. The van der Waals surface area contributed by atoms with Crippen molar-refractivity contribution in [3.8, 4) is 11.3 Å². The van der Waals surface area contributed by atoms with Gasteiger partial charge in [-0.15, -0.1) is 0 Å². The molecule has 2 aromatic heterocycles. The molecule has 2 fully saturated rings. The molecule has 186 valence electrons. The first-order valence-corrected chi connectivity index (χ1v) is 12.9. The third kappa shape index (κ3) is 4.27. The Kier molecular flexibility index (Phi) is 5.97. The fourth-order valence-corrected chi connectivity index (χ4v) is 5.56. The Morgan fingerprint density at radius 2 is 1.92 bits per heavy atom. The number of nitrogens with zero attached hydrogens (tertiary/aromatic N) is 4. The molecule has 0 atom stereocenters. The van der Waals surface area contributed by atoms with Gasteiger partial charge in [0.2, 0.25) is 0 Å². The van der Waals surface area contributed by atoms with E-state index in [-0.39, 0.29) is 0 Å². The summed E-state index contributed by atoms with van der Waals surface area (Å²) in [5.74, 6) is 0.645. The normalized spacial score (nSPS) is 16.7. The van der Waals surface area contributed by atoms with E-state index >= 15 is 0 Å². The largest absolute Gasteiger partial charge is 0.478 e. The van der Waals surface area contributed by atoms with E-state index in [1.165, 1.54) is 18.4 Å². The predicted octanol–water partition coefficient (Wildman–Crippen LogP) is 5.43. The highest BCUT2D eigenvalue weighted by molar-refractivity contribution is 6.33. The number of fused-ring (bicyclic) bond motifs is 1. The monoisotopic (exact) mass is 504 g/mol. The van der Waals surface area contributed by atoms with Crippen LogP contribution in [0.1, 0.15) is 40.4 Å². The van der Waals surface area contributed by atoms with E-state index in [0.717, 1.165) is 72.8 Å². The first-order valence-electron chi connectivity index (χ1n) is 12.5. The lowest BCUT2D eigenvalue weighted by molar-refractivity contribution is 0.0699. The molecule has 0 radical (unpaired) electrons. The van der Waals surface area contributed by atoms with E-state index in [1.807, 2.05) is 48.0 Å². The molecule has 1 aliphatic carbocycles. The van der Waals surface area contributed by atoms with Gasteiger partial charge in [0.15, 0.2) is 0 Å². The van der Waals surface area contributed by atoms with Gasteiger partial charge >= 0.3 is 5.97 Å². The fraction of sp³-hybridized carbons (Fsp3) is 0.357. The van der Waals surface area contributed by atoms with Crippen LogP contribution in [0.25, 0.3) is 22.2 Å². The fourth-order valence-electron chi connectivity index (χ4n) is 5.33. The highest BCUT2D eigenvalue weighted by Crippen LogP contribution is 2.45. The molecule has 0 spiro atoms. The highest BCUT2D eigenvalue weighted by atomic mass is 35.5. The second kappa shape index (κ2) is 9.30. The third-order valence-corrected chi connectivity index (χ3v) is 7.85. The van der Waals surface area contributed by atoms with Gasteiger partial charge < -0.3 is 19.1 Å². The van der Waals surface area contributed by atoms with Crippen LogP contribution in [0.5, 0.6) is 0 Å². The molecule has 0 unspecified atom stereocenters. The maximum absolute atomic E-state index is 11.5. The number of anilines is 1. The Morgan fingerprint density at radius 1 is 1.14 bits per heavy atom. The number of benzene rings is 2. The SMILES string of the molecule is Cn1cc(C(=O)O)c2ccc(N3CCN(CCc4c(-c5ccccc5Cl)noc4C4CC4)CC3)cc21. The average Bonchev–Trinajstić information content (AvgIpc) is 3.56. The average molecular weight is 505 g/mol. The van der Waals surface area contributed by atoms with E-state index in [4.69, 9.17) is 16.1 Å². The molecule has 2 aliphatic rings. The molecule has 8 heteroatoms. The van der Waals surface area contributed by atoms with Crippen LogP contribution in [-0.2, 0) is 13.5 Å². The maximum atomic E-state index is 11.5. The summed E-state index contributed by atoms with van der Waals surface area (Å²) < 4.78 is 7.73. The summed E-state index contributed by atoms with van der Waals surface area (Å²) in [6, 6.07) is 13.9. The standard InChI is InChI=1S/C28H29ClN4O3/c1-31-17-23(28(34)35)20-9-8-19(16-25(20)31)33-14-12-32(13-15-33)11-10-22-26(21-4-2-3-5-24(21)29)30-36-27(22)18-6-7-18/h2-5,8-9,16-18H,6-7,10-15H2,1H3,(H,34,35). The first kappa shape index (κ1) is 23.1. The molecule has 4 aromatic rings. The number of halogens is 1. The van der Waals surface area contributed by atoms with E-state index in [2.05, 4.69) is 21.0 Å². The molecule has 7 nitrogen and oxygen atoms in total. The molecular formula is C28H29ClN4O3. The number of rotatable bonds is 7. The van der Waals surface area contributed by atoms with Gasteiger partial charge in [0.05, 0.1) is 16.1 Å². The van der Waals surface area contributed by atoms with E-state index in [9.17, 15) is 9.90 Å². The summed E-state index contributed by atoms with van der Waals surface area (Å²) in [6.07, 6.45) is 4.92. The summed E-state index contributed by atoms with van der Waals surface area (Å²) in [6.45, 7) is 4.75. The zero-order valence-corrected chi connectivity index (χ0v) is 21.0. The molecule has 2 aromatic carbocycles. The van der Waals surface area contributed by atoms with E-state index in [1.54, 1.807) is 6.20 Å². The van der Waals surface area contributed by atoms with Crippen molar-refractivity contribution in [2.75, 3.05) is 37.6 Å². The van der Waals surface area contributed by atoms with Gasteiger partial charge in [-0.2, -0.15) is 0 Å². The summed E-state index contributed by atoms with van der Waals surface area (Å²) in [4.78, 5) is 16.4. The van der Waals surface area contributed by atoms with Crippen molar-refractivity contribution in [1.82, 2.24) is 14.6 Å². The van der Waals surface area contributed by atoms with Crippen molar-refractivity contribution in [1.29, 1.82) is 0 Å². The van der Waals surface area contributed by atoms with Crippen LogP contribution in [0.15, 0.2) is 53.2 Å². The number of hydrogen-bond donors (Lipinski definition) is 1.